The first-order chi connectivity index (χ1) is 7.83. The molecule has 0 bridgehead atoms. The average Bonchev–Trinajstić information content (AvgIpc) is 2.31. The summed E-state index contributed by atoms with van der Waals surface area (Å²) in [5.74, 6) is 3.35. The highest BCUT2D eigenvalue weighted by Crippen LogP contribution is 2.17. The molecule has 1 rings (SSSR count). The number of terminal acetylenes is 1. The van der Waals surface area contributed by atoms with Gasteiger partial charge in [0.05, 0.1) is 0 Å². The molecule has 3 heteroatoms. The van der Waals surface area contributed by atoms with Gasteiger partial charge in [-0.3, -0.25) is 4.79 Å². The molecule has 0 aromatic heterocycles. The molecule has 0 aliphatic heterocycles. The summed E-state index contributed by atoms with van der Waals surface area (Å²) in [4.78, 5) is 12.5. The van der Waals surface area contributed by atoms with Gasteiger partial charge in [0.25, 0.3) is 0 Å². The molecule has 0 spiro atoms. The summed E-state index contributed by atoms with van der Waals surface area (Å²) in [5, 5.41) is 2.78. The van der Waals surface area contributed by atoms with Crippen LogP contribution in [0.1, 0.15) is 12.8 Å². The van der Waals surface area contributed by atoms with E-state index in [2.05, 4.69) is 11.2 Å². The first kappa shape index (κ1) is 12.7. The molecule has 16 heavy (non-hydrogen) atoms. The Morgan fingerprint density at radius 2 is 2.12 bits per heavy atom. The predicted octanol–water partition coefficient (Wildman–Crippen LogP) is 2.31. The van der Waals surface area contributed by atoms with E-state index in [4.69, 9.17) is 6.42 Å². The van der Waals surface area contributed by atoms with Gasteiger partial charge in [-0.2, -0.15) is 0 Å². The van der Waals surface area contributed by atoms with Crippen LogP contribution >= 0.6 is 11.8 Å². The molecule has 1 amide bonds. The smallest absolute Gasteiger partial charge is 0.220 e. The lowest BCUT2D eigenvalue weighted by molar-refractivity contribution is -0.120. The average molecular weight is 233 g/mol. The van der Waals surface area contributed by atoms with E-state index in [-0.39, 0.29) is 5.91 Å². The van der Waals surface area contributed by atoms with Gasteiger partial charge < -0.3 is 5.32 Å². The zero-order valence-electron chi connectivity index (χ0n) is 9.11. The van der Waals surface area contributed by atoms with Crippen LogP contribution in [0.25, 0.3) is 0 Å². The Balaban J connectivity index is 2.12. The maximum atomic E-state index is 11.3. The zero-order chi connectivity index (χ0) is 11.6. The summed E-state index contributed by atoms with van der Waals surface area (Å²) >= 11 is 1.69. The van der Waals surface area contributed by atoms with E-state index in [1.807, 2.05) is 30.3 Å². The lowest BCUT2D eigenvalue weighted by atomic mass is 10.4. The Kier molecular flexibility index (Phi) is 6.20. The fourth-order valence-corrected chi connectivity index (χ4v) is 2.01. The SMILES string of the molecule is C#CCCNC(=O)CCSc1ccccc1. The third kappa shape index (κ3) is 5.47. The summed E-state index contributed by atoms with van der Waals surface area (Å²) in [6, 6.07) is 10.1. The molecule has 0 radical (unpaired) electrons. The molecular formula is C13H15NOS. The molecule has 1 N–H and O–H groups in total. The standard InChI is InChI=1S/C13H15NOS/c1-2-3-10-14-13(15)9-11-16-12-7-5-4-6-8-12/h1,4-8H,3,9-11H2,(H,14,15). The van der Waals surface area contributed by atoms with Gasteiger partial charge in [0.1, 0.15) is 0 Å². The summed E-state index contributed by atoms with van der Waals surface area (Å²) in [6.45, 7) is 0.575. The zero-order valence-corrected chi connectivity index (χ0v) is 9.93. The van der Waals surface area contributed by atoms with Crippen molar-refractivity contribution >= 4 is 17.7 Å². The Bertz CT molecular complexity index is 356. The molecule has 84 valence electrons. The van der Waals surface area contributed by atoms with Gasteiger partial charge in [-0.05, 0) is 12.1 Å². The fraction of sp³-hybridized carbons (Fsp3) is 0.308. The molecule has 0 aliphatic rings. The van der Waals surface area contributed by atoms with E-state index < -0.39 is 0 Å². The van der Waals surface area contributed by atoms with E-state index in [0.717, 1.165) is 5.75 Å². The monoisotopic (exact) mass is 233 g/mol. The van der Waals surface area contributed by atoms with Gasteiger partial charge in [-0.1, -0.05) is 18.2 Å². The normalized spacial score (nSPS) is 9.44. The van der Waals surface area contributed by atoms with Crippen LogP contribution in [0.5, 0.6) is 0 Å². The Morgan fingerprint density at radius 1 is 1.38 bits per heavy atom. The van der Waals surface area contributed by atoms with Crippen LogP contribution in [-0.2, 0) is 4.79 Å². The highest BCUT2D eigenvalue weighted by Gasteiger charge is 2.00. The fourth-order valence-electron chi connectivity index (χ4n) is 1.14. The maximum Gasteiger partial charge on any atom is 0.220 e. The van der Waals surface area contributed by atoms with Crippen molar-refractivity contribution in [2.75, 3.05) is 12.3 Å². The maximum absolute atomic E-state index is 11.3. The van der Waals surface area contributed by atoms with Gasteiger partial charge in [0.2, 0.25) is 5.91 Å². The van der Waals surface area contributed by atoms with E-state index >= 15 is 0 Å². The number of amides is 1. The molecule has 0 atom stereocenters. The Morgan fingerprint density at radius 3 is 2.81 bits per heavy atom. The Labute approximate surface area is 101 Å². The minimum Gasteiger partial charge on any atom is -0.355 e. The summed E-state index contributed by atoms with van der Waals surface area (Å²) < 4.78 is 0. The molecule has 2 nitrogen and oxygen atoms in total. The van der Waals surface area contributed by atoms with Crippen LogP contribution in [-0.4, -0.2) is 18.2 Å². The topological polar surface area (TPSA) is 29.1 Å². The van der Waals surface area contributed by atoms with Gasteiger partial charge in [0.15, 0.2) is 0 Å². The number of hydrogen-bond donors (Lipinski definition) is 1. The number of nitrogens with one attached hydrogen (secondary N) is 1. The molecule has 1 aromatic rings. The quantitative estimate of drug-likeness (QED) is 0.464. The third-order valence-corrected chi connectivity index (χ3v) is 2.95. The number of thioether (sulfide) groups is 1. The van der Waals surface area contributed by atoms with Crippen LogP contribution in [0.15, 0.2) is 35.2 Å². The summed E-state index contributed by atoms with van der Waals surface area (Å²) in [5.41, 5.74) is 0. The lowest BCUT2D eigenvalue weighted by Crippen LogP contribution is -2.24. The molecular weight excluding hydrogens is 218 g/mol. The number of hydrogen-bond acceptors (Lipinski definition) is 2. The summed E-state index contributed by atoms with van der Waals surface area (Å²) in [6.07, 6.45) is 6.21. The highest BCUT2D eigenvalue weighted by atomic mass is 32.2. The third-order valence-electron chi connectivity index (χ3n) is 1.93. The molecule has 0 saturated heterocycles. The van der Waals surface area contributed by atoms with Crippen molar-refractivity contribution in [3.63, 3.8) is 0 Å². The van der Waals surface area contributed by atoms with Crippen LogP contribution in [0, 0.1) is 12.3 Å². The van der Waals surface area contributed by atoms with Crippen molar-refractivity contribution < 1.29 is 4.79 Å². The van der Waals surface area contributed by atoms with E-state index in [9.17, 15) is 4.79 Å². The van der Waals surface area contributed by atoms with Crippen molar-refractivity contribution in [3.05, 3.63) is 30.3 Å². The minimum absolute atomic E-state index is 0.0682. The van der Waals surface area contributed by atoms with Crippen molar-refractivity contribution in [1.29, 1.82) is 0 Å². The summed E-state index contributed by atoms with van der Waals surface area (Å²) in [7, 11) is 0. The minimum atomic E-state index is 0.0682. The Hall–Kier alpha value is -1.40. The number of carbonyl (C=O) groups is 1. The second-order valence-corrected chi connectivity index (χ2v) is 4.38. The van der Waals surface area contributed by atoms with E-state index in [1.165, 1.54) is 4.90 Å². The van der Waals surface area contributed by atoms with E-state index in [0.29, 0.717) is 19.4 Å². The van der Waals surface area contributed by atoms with Crippen LogP contribution < -0.4 is 5.32 Å². The molecule has 0 unspecified atom stereocenters. The first-order valence-electron chi connectivity index (χ1n) is 5.21. The van der Waals surface area contributed by atoms with Gasteiger partial charge >= 0.3 is 0 Å². The molecule has 0 heterocycles. The van der Waals surface area contributed by atoms with Crippen molar-refractivity contribution in [3.8, 4) is 12.3 Å². The van der Waals surface area contributed by atoms with Gasteiger partial charge in [-0.15, -0.1) is 24.1 Å². The lowest BCUT2D eigenvalue weighted by Gasteiger charge is -2.03. The van der Waals surface area contributed by atoms with Crippen molar-refractivity contribution in [2.45, 2.75) is 17.7 Å². The number of benzene rings is 1. The van der Waals surface area contributed by atoms with Crippen LogP contribution in [0.4, 0.5) is 0 Å². The second kappa shape index (κ2) is 7.84. The molecule has 0 aliphatic carbocycles. The predicted molar refractivity (Wildman–Crippen MR) is 68.2 cm³/mol. The number of carbonyl (C=O) groups excluding carboxylic acids is 1. The largest absolute Gasteiger partial charge is 0.355 e. The van der Waals surface area contributed by atoms with Crippen molar-refractivity contribution in [1.82, 2.24) is 5.32 Å². The van der Waals surface area contributed by atoms with Crippen LogP contribution in [0.3, 0.4) is 0 Å². The molecule has 1 aromatic carbocycles. The highest BCUT2D eigenvalue weighted by molar-refractivity contribution is 7.99. The van der Waals surface area contributed by atoms with Gasteiger partial charge in [-0.25, -0.2) is 0 Å². The second-order valence-electron chi connectivity index (χ2n) is 3.22. The molecule has 0 fully saturated rings. The number of rotatable bonds is 6. The first-order valence-corrected chi connectivity index (χ1v) is 6.19. The van der Waals surface area contributed by atoms with Gasteiger partial charge in [0, 0.05) is 30.0 Å². The van der Waals surface area contributed by atoms with E-state index in [1.54, 1.807) is 11.8 Å². The van der Waals surface area contributed by atoms with Crippen molar-refractivity contribution in [2.24, 2.45) is 0 Å². The van der Waals surface area contributed by atoms with Crippen LogP contribution in [0.2, 0.25) is 0 Å². The molecule has 0 saturated carbocycles.